The number of nitrogens with one attached hydrogen (secondary N) is 2. The van der Waals surface area contributed by atoms with Crippen molar-refractivity contribution in [2.45, 2.75) is 18.6 Å². The van der Waals surface area contributed by atoms with Gasteiger partial charge in [0.2, 0.25) is 5.91 Å². The Kier molecular flexibility index (Phi) is 5.80. The fraction of sp³-hybridized carbons (Fsp3) is 0.429. The van der Waals surface area contributed by atoms with Gasteiger partial charge in [-0.25, -0.2) is 4.39 Å². The molecule has 1 fully saturated rings. The number of hydrogen-bond acceptors (Lipinski definition) is 3. The van der Waals surface area contributed by atoms with Gasteiger partial charge in [0, 0.05) is 24.4 Å². The number of fused-ring (bicyclic) bond motifs is 1. The number of aromatic nitrogens is 2. The number of halogens is 6. The molecule has 0 atom stereocenters. The predicted octanol–water partition coefficient (Wildman–Crippen LogP) is 2.62. The molecule has 0 radical (unpaired) electrons. The van der Waals surface area contributed by atoms with E-state index in [9.17, 15) is 22.4 Å². The molecule has 5 nitrogen and oxygen atoms in total. The maximum atomic E-state index is 13.7. The molecule has 3 rings (SSSR count). The van der Waals surface area contributed by atoms with Gasteiger partial charge in [-0.15, -0.1) is 12.4 Å². The highest BCUT2D eigenvalue weighted by Crippen LogP contribution is 2.34. The van der Waals surface area contributed by atoms with Gasteiger partial charge in [-0.05, 0) is 12.1 Å². The third-order valence-corrected chi connectivity index (χ3v) is 4.15. The summed E-state index contributed by atoms with van der Waals surface area (Å²) in [6, 6.07) is 2.55. The molecule has 0 saturated carbocycles. The monoisotopic (exact) mass is 400 g/mol. The second kappa shape index (κ2) is 7.35. The third kappa shape index (κ3) is 4.16. The summed E-state index contributed by atoms with van der Waals surface area (Å²) >= 11 is 6.03. The van der Waals surface area contributed by atoms with Gasteiger partial charge in [0.15, 0.2) is 0 Å². The molecule has 138 valence electrons. The third-order valence-electron chi connectivity index (χ3n) is 3.78. The van der Waals surface area contributed by atoms with Gasteiger partial charge < -0.3 is 10.6 Å². The van der Waals surface area contributed by atoms with Gasteiger partial charge in [0.25, 0.3) is 0 Å². The highest BCUT2D eigenvalue weighted by atomic mass is 35.5. The Bertz CT molecular complexity index is 789. The summed E-state index contributed by atoms with van der Waals surface area (Å²) in [6.45, 7) is -0.549. The van der Waals surface area contributed by atoms with E-state index in [0.717, 1.165) is 6.07 Å². The average Bonchev–Trinajstić information content (AvgIpc) is 2.77. The Morgan fingerprint density at radius 1 is 1.40 bits per heavy atom. The number of rotatable bonds is 4. The van der Waals surface area contributed by atoms with Crippen LogP contribution in [0.5, 0.6) is 0 Å². The van der Waals surface area contributed by atoms with Gasteiger partial charge in [-0.2, -0.15) is 18.3 Å². The van der Waals surface area contributed by atoms with Crippen LogP contribution < -0.4 is 10.6 Å². The van der Waals surface area contributed by atoms with E-state index in [4.69, 9.17) is 11.6 Å². The Morgan fingerprint density at radius 3 is 2.64 bits per heavy atom. The van der Waals surface area contributed by atoms with Crippen molar-refractivity contribution in [2.24, 2.45) is 0 Å². The van der Waals surface area contributed by atoms with Crippen molar-refractivity contribution in [1.29, 1.82) is 0 Å². The molecule has 1 amide bonds. The van der Waals surface area contributed by atoms with E-state index in [1.54, 1.807) is 5.32 Å². The lowest BCUT2D eigenvalue weighted by Gasteiger charge is -2.25. The highest BCUT2D eigenvalue weighted by molar-refractivity contribution is 6.35. The second-order valence-electron chi connectivity index (χ2n) is 5.55. The van der Waals surface area contributed by atoms with Crippen molar-refractivity contribution in [2.75, 3.05) is 19.6 Å². The molecule has 1 aromatic heterocycles. The number of alkyl halides is 3. The summed E-state index contributed by atoms with van der Waals surface area (Å²) in [5.41, 5.74) is 0.947. The first-order valence-electron chi connectivity index (χ1n) is 7.15. The molecule has 1 aromatic carbocycles. The van der Waals surface area contributed by atoms with Crippen molar-refractivity contribution in [3.63, 3.8) is 0 Å². The van der Waals surface area contributed by atoms with Crippen molar-refractivity contribution in [3.8, 4) is 0 Å². The van der Waals surface area contributed by atoms with Crippen molar-refractivity contribution in [3.05, 3.63) is 28.7 Å². The van der Waals surface area contributed by atoms with Crippen LogP contribution in [0.25, 0.3) is 10.9 Å². The zero-order chi connectivity index (χ0) is 17.5. The minimum absolute atomic E-state index is 0. The number of benzene rings is 1. The Hall–Kier alpha value is -1.58. The summed E-state index contributed by atoms with van der Waals surface area (Å²) < 4.78 is 51.5. The van der Waals surface area contributed by atoms with Gasteiger partial charge in [-0.3, -0.25) is 9.48 Å². The molecule has 0 bridgehead atoms. The van der Waals surface area contributed by atoms with Gasteiger partial charge >= 0.3 is 6.18 Å². The smallest absolute Gasteiger partial charge is 0.345 e. The van der Waals surface area contributed by atoms with Crippen LogP contribution in [0.3, 0.4) is 0 Å². The second-order valence-corrected chi connectivity index (χ2v) is 5.92. The van der Waals surface area contributed by atoms with E-state index < -0.39 is 31.0 Å². The largest absolute Gasteiger partial charge is 0.405 e. The summed E-state index contributed by atoms with van der Waals surface area (Å²) in [7, 11) is 0. The standard InChI is InChI=1S/C14H13ClF4N4O.ClH/c15-12-8(16)1-2-9-11(12)13(7-3-20-4-7)22-23(9)5-10(24)21-6-14(17,18)19;/h1-2,7,20H,3-6H2,(H,21,24);1H. The molecule has 1 aliphatic heterocycles. The van der Waals surface area contributed by atoms with Crippen LogP contribution in [0.2, 0.25) is 5.02 Å². The minimum Gasteiger partial charge on any atom is -0.345 e. The Balaban J connectivity index is 0.00000225. The normalized spacial score (nSPS) is 14.9. The van der Waals surface area contributed by atoms with Crippen molar-refractivity contribution < 1.29 is 22.4 Å². The lowest BCUT2D eigenvalue weighted by Crippen LogP contribution is -2.40. The number of nitrogens with zero attached hydrogens (tertiary/aromatic N) is 2. The number of hydrogen-bond donors (Lipinski definition) is 2. The number of amides is 1. The molecule has 2 heterocycles. The van der Waals surface area contributed by atoms with E-state index in [1.807, 2.05) is 0 Å². The molecule has 11 heteroatoms. The minimum atomic E-state index is -4.49. The summed E-state index contributed by atoms with van der Waals surface area (Å²) in [5.74, 6) is -1.43. The van der Waals surface area contributed by atoms with E-state index in [1.165, 1.54) is 10.7 Å². The quantitative estimate of drug-likeness (QED) is 0.775. The molecular weight excluding hydrogens is 387 g/mol. The zero-order valence-corrected chi connectivity index (χ0v) is 14.2. The highest BCUT2D eigenvalue weighted by Gasteiger charge is 2.29. The fourth-order valence-electron chi connectivity index (χ4n) is 2.51. The molecule has 1 aliphatic rings. The number of carbonyl (C=O) groups is 1. The first kappa shape index (κ1) is 19.7. The van der Waals surface area contributed by atoms with Crippen LogP contribution in [0.1, 0.15) is 11.6 Å². The van der Waals surface area contributed by atoms with Gasteiger partial charge in [0.1, 0.15) is 18.9 Å². The molecular formula is C14H14Cl2F4N4O. The van der Waals surface area contributed by atoms with Crippen LogP contribution in [-0.4, -0.2) is 41.5 Å². The lowest BCUT2D eigenvalue weighted by molar-refractivity contribution is -0.138. The maximum Gasteiger partial charge on any atom is 0.405 e. The van der Waals surface area contributed by atoms with Gasteiger partial charge in [0.05, 0.1) is 16.2 Å². The summed E-state index contributed by atoms with van der Waals surface area (Å²) in [5, 5.41) is 9.41. The van der Waals surface area contributed by atoms with Crippen LogP contribution in [0.15, 0.2) is 12.1 Å². The SMILES string of the molecule is Cl.O=C(Cn1nc(C2CNC2)c2c(Cl)c(F)ccc21)NCC(F)(F)F. The van der Waals surface area contributed by atoms with Crippen LogP contribution in [0.4, 0.5) is 17.6 Å². The summed E-state index contributed by atoms with van der Waals surface area (Å²) in [6.07, 6.45) is -4.49. The molecule has 2 aromatic rings. The molecule has 25 heavy (non-hydrogen) atoms. The van der Waals surface area contributed by atoms with Crippen LogP contribution in [-0.2, 0) is 11.3 Å². The summed E-state index contributed by atoms with van der Waals surface area (Å²) in [4.78, 5) is 11.7. The van der Waals surface area contributed by atoms with E-state index in [2.05, 4.69) is 10.4 Å². The van der Waals surface area contributed by atoms with Crippen LogP contribution in [0, 0.1) is 5.82 Å². The van der Waals surface area contributed by atoms with Crippen molar-refractivity contribution in [1.82, 2.24) is 20.4 Å². The fourth-order valence-corrected chi connectivity index (χ4v) is 2.77. The van der Waals surface area contributed by atoms with E-state index in [-0.39, 0.29) is 23.3 Å². The first-order chi connectivity index (χ1) is 11.3. The Morgan fingerprint density at radius 2 is 2.08 bits per heavy atom. The maximum absolute atomic E-state index is 13.7. The first-order valence-corrected chi connectivity index (χ1v) is 7.52. The topological polar surface area (TPSA) is 59.0 Å². The zero-order valence-electron chi connectivity index (χ0n) is 12.7. The van der Waals surface area contributed by atoms with Crippen molar-refractivity contribution >= 4 is 40.8 Å². The van der Waals surface area contributed by atoms with E-state index in [0.29, 0.717) is 29.7 Å². The molecule has 0 unspecified atom stereocenters. The molecule has 2 N–H and O–H groups in total. The van der Waals surface area contributed by atoms with E-state index >= 15 is 0 Å². The van der Waals surface area contributed by atoms with Gasteiger partial charge in [-0.1, -0.05) is 11.6 Å². The number of carbonyl (C=O) groups excluding carboxylic acids is 1. The molecule has 0 aliphatic carbocycles. The predicted molar refractivity (Wildman–Crippen MR) is 86.6 cm³/mol. The van der Waals surface area contributed by atoms with Crippen LogP contribution >= 0.6 is 24.0 Å². The molecule has 0 spiro atoms. The average molecular weight is 401 g/mol. The lowest BCUT2D eigenvalue weighted by atomic mass is 9.96. The molecule has 1 saturated heterocycles. The Labute approximate surface area is 151 Å².